The quantitative estimate of drug-likeness (QED) is 0.760. The molecule has 1 fully saturated rings. The van der Waals surface area contributed by atoms with Crippen molar-refractivity contribution in [3.63, 3.8) is 0 Å². The molecule has 1 saturated heterocycles. The number of carbonyl (C=O) groups is 1. The molecule has 6 nitrogen and oxygen atoms in total. The van der Waals surface area contributed by atoms with Gasteiger partial charge in [-0.1, -0.05) is 0 Å². The second-order valence-electron chi connectivity index (χ2n) is 5.94. The second kappa shape index (κ2) is 7.63. The maximum atomic E-state index is 14.6. The van der Waals surface area contributed by atoms with Crippen molar-refractivity contribution in [1.82, 2.24) is 9.97 Å². The van der Waals surface area contributed by atoms with Crippen LogP contribution in [0.5, 0.6) is 11.6 Å². The molecule has 1 aliphatic heterocycles. The van der Waals surface area contributed by atoms with Gasteiger partial charge in [0.25, 0.3) is 0 Å². The molecule has 3 rings (SSSR count). The molecule has 0 N–H and O–H groups in total. The molecule has 0 saturated carbocycles. The van der Waals surface area contributed by atoms with E-state index in [2.05, 4.69) is 9.97 Å². The Hall–Kier alpha value is -2.77. The van der Waals surface area contributed by atoms with Crippen LogP contribution in [0.2, 0.25) is 0 Å². The van der Waals surface area contributed by atoms with Gasteiger partial charge >= 0.3 is 5.97 Å². The Labute approximate surface area is 149 Å². The van der Waals surface area contributed by atoms with E-state index in [1.165, 1.54) is 30.5 Å². The molecule has 1 aromatic carbocycles. The van der Waals surface area contributed by atoms with Crippen molar-refractivity contribution in [3.05, 3.63) is 42.5 Å². The third-order valence-corrected chi connectivity index (χ3v) is 4.16. The van der Waals surface area contributed by atoms with Gasteiger partial charge in [0.1, 0.15) is 11.6 Å². The summed E-state index contributed by atoms with van der Waals surface area (Å²) in [6.07, 6.45) is 3.04. The lowest BCUT2D eigenvalue weighted by Gasteiger charge is -2.35. The van der Waals surface area contributed by atoms with Crippen LogP contribution in [0.3, 0.4) is 0 Å². The van der Waals surface area contributed by atoms with Crippen LogP contribution in [-0.2, 0) is 9.53 Å². The third kappa shape index (κ3) is 4.07. The van der Waals surface area contributed by atoms with Crippen LogP contribution >= 0.6 is 0 Å². The van der Waals surface area contributed by atoms with Crippen molar-refractivity contribution in [2.24, 2.45) is 0 Å². The molecule has 26 heavy (non-hydrogen) atoms. The Morgan fingerprint density at radius 1 is 1.23 bits per heavy atom. The van der Waals surface area contributed by atoms with Crippen molar-refractivity contribution in [3.8, 4) is 11.6 Å². The number of benzene rings is 1. The Morgan fingerprint density at radius 2 is 1.92 bits per heavy atom. The highest BCUT2D eigenvalue weighted by molar-refractivity contribution is 5.79. The van der Waals surface area contributed by atoms with Gasteiger partial charge in [0.15, 0.2) is 5.82 Å². The third-order valence-electron chi connectivity index (χ3n) is 4.16. The van der Waals surface area contributed by atoms with Crippen molar-refractivity contribution in [1.29, 1.82) is 0 Å². The van der Waals surface area contributed by atoms with E-state index in [9.17, 15) is 13.6 Å². The van der Waals surface area contributed by atoms with Gasteiger partial charge in [-0.05, 0) is 31.2 Å². The first-order valence-electron chi connectivity index (χ1n) is 8.37. The average Bonchev–Trinajstić information content (AvgIpc) is 2.65. The number of alkyl halides is 1. The van der Waals surface area contributed by atoms with E-state index in [-0.39, 0.29) is 31.1 Å². The first kappa shape index (κ1) is 18.0. The molecule has 0 bridgehead atoms. The van der Waals surface area contributed by atoms with Gasteiger partial charge in [0.05, 0.1) is 19.0 Å². The van der Waals surface area contributed by atoms with E-state index in [0.717, 1.165) is 0 Å². The van der Waals surface area contributed by atoms with Crippen LogP contribution in [0.4, 0.5) is 14.6 Å². The molecule has 1 aliphatic rings. The van der Waals surface area contributed by atoms with E-state index >= 15 is 0 Å². The number of hydrogen-bond donors (Lipinski definition) is 0. The molecule has 0 radical (unpaired) electrons. The summed E-state index contributed by atoms with van der Waals surface area (Å²) in [7, 11) is 0. The summed E-state index contributed by atoms with van der Waals surface area (Å²) in [5.74, 6) is 0.0367. The molecule has 138 valence electrons. The number of nitrogens with zero attached hydrogens (tertiary/aromatic N) is 3. The highest BCUT2D eigenvalue weighted by Crippen LogP contribution is 2.30. The SMILES string of the molecule is CCOC(=O)C1(F)CCN(c2cncc(Oc3ccc(F)cc3)n2)CC1. The molecule has 0 aliphatic carbocycles. The van der Waals surface area contributed by atoms with Gasteiger partial charge in [-0.3, -0.25) is 4.98 Å². The standard InChI is InChI=1S/C18H19F2N3O3/c1-2-25-17(24)18(20)7-9-23(10-8-18)15-11-21-12-16(22-15)26-14-5-3-13(19)4-6-14/h3-6,11-12H,2,7-10H2,1H3. The van der Waals surface area contributed by atoms with Gasteiger partial charge < -0.3 is 14.4 Å². The monoisotopic (exact) mass is 363 g/mol. The summed E-state index contributed by atoms with van der Waals surface area (Å²) >= 11 is 0. The smallest absolute Gasteiger partial charge is 0.344 e. The number of anilines is 1. The van der Waals surface area contributed by atoms with Gasteiger partial charge in [0.2, 0.25) is 11.5 Å². The number of hydrogen-bond acceptors (Lipinski definition) is 6. The highest BCUT2D eigenvalue weighted by Gasteiger charge is 2.43. The largest absolute Gasteiger partial charge is 0.464 e. The minimum absolute atomic E-state index is 0.0244. The predicted octanol–water partition coefficient (Wildman–Crippen LogP) is 3.28. The van der Waals surface area contributed by atoms with Crippen molar-refractivity contribution >= 4 is 11.8 Å². The molecular formula is C18H19F2N3O3. The van der Waals surface area contributed by atoms with E-state index < -0.39 is 11.6 Å². The van der Waals surface area contributed by atoms with Crippen LogP contribution in [0, 0.1) is 5.82 Å². The Bertz CT molecular complexity index is 763. The summed E-state index contributed by atoms with van der Waals surface area (Å²) in [5, 5.41) is 0. The van der Waals surface area contributed by atoms with Gasteiger partial charge in [-0.25, -0.2) is 13.6 Å². The second-order valence-corrected chi connectivity index (χ2v) is 5.94. The molecular weight excluding hydrogens is 344 g/mol. The van der Waals surface area contributed by atoms with E-state index in [1.807, 2.05) is 4.90 Å². The topological polar surface area (TPSA) is 64.5 Å². The van der Waals surface area contributed by atoms with Gasteiger partial charge in [-0.2, -0.15) is 4.98 Å². The van der Waals surface area contributed by atoms with Gasteiger partial charge in [0, 0.05) is 25.9 Å². The molecule has 0 atom stereocenters. The lowest BCUT2D eigenvalue weighted by molar-refractivity contribution is -0.158. The van der Waals surface area contributed by atoms with Crippen LogP contribution in [0.15, 0.2) is 36.7 Å². The fourth-order valence-electron chi connectivity index (χ4n) is 2.72. The van der Waals surface area contributed by atoms with Crippen molar-refractivity contribution < 1.29 is 23.0 Å². The number of carbonyl (C=O) groups excluding carboxylic acids is 1. The van der Waals surface area contributed by atoms with Crippen molar-refractivity contribution in [2.45, 2.75) is 25.4 Å². The summed E-state index contributed by atoms with van der Waals surface area (Å²) in [6, 6.07) is 5.55. The molecule has 2 heterocycles. The fourth-order valence-corrected chi connectivity index (χ4v) is 2.72. The zero-order valence-corrected chi connectivity index (χ0v) is 14.3. The minimum atomic E-state index is -1.96. The van der Waals surface area contributed by atoms with Crippen LogP contribution in [0.25, 0.3) is 0 Å². The molecule has 8 heteroatoms. The van der Waals surface area contributed by atoms with E-state index in [0.29, 0.717) is 24.7 Å². The first-order valence-corrected chi connectivity index (χ1v) is 8.37. The average molecular weight is 363 g/mol. The maximum Gasteiger partial charge on any atom is 0.344 e. The number of rotatable bonds is 5. The number of esters is 1. The summed E-state index contributed by atoms with van der Waals surface area (Å²) in [5.41, 5.74) is -1.96. The minimum Gasteiger partial charge on any atom is -0.464 e. The molecule has 0 amide bonds. The summed E-state index contributed by atoms with van der Waals surface area (Å²) in [6.45, 7) is 2.43. The van der Waals surface area contributed by atoms with Crippen molar-refractivity contribution in [2.75, 3.05) is 24.6 Å². The van der Waals surface area contributed by atoms with Gasteiger partial charge in [-0.15, -0.1) is 0 Å². The zero-order valence-electron chi connectivity index (χ0n) is 14.3. The first-order chi connectivity index (χ1) is 12.5. The molecule has 0 spiro atoms. The maximum absolute atomic E-state index is 14.6. The zero-order chi connectivity index (χ0) is 18.6. The summed E-state index contributed by atoms with van der Waals surface area (Å²) in [4.78, 5) is 22.0. The van der Waals surface area contributed by atoms with E-state index in [4.69, 9.17) is 9.47 Å². The van der Waals surface area contributed by atoms with Crippen LogP contribution < -0.4 is 9.64 Å². The molecule has 0 unspecified atom stereocenters. The van der Waals surface area contributed by atoms with Crippen LogP contribution in [-0.4, -0.2) is 41.3 Å². The van der Waals surface area contributed by atoms with E-state index in [1.54, 1.807) is 13.1 Å². The molecule has 2 aromatic rings. The normalized spacial score (nSPS) is 16.2. The predicted molar refractivity (Wildman–Crippen MR) is 90.4 cm³/mol. The fraction of sp³-hybridized carbons (Fsp3) is 0.389. The number of piperidine rings is 1. The molecule has 1 aromatic heterocycles. The highest BCUT2D eigenvalue weighted by atomic mass is 19.1. The van der Waals surface area contributed by atoms with Crippen LogP contribution in [0.1, 0.15) is 19.8 Å². The number of aromatic nitrogens is 2. The Balaban J connectivity index is 1.66. The Morgan fingerprint density at radius 3 is 2.58 bits per heavy atom. The lowest BCUT2D eigenvalue weighted by atomic mass is 9.93. The number of ether oxygens (including phenoxy) is 2. The Kier molecular flexibility index (Phi) is 5.29. The lowest BCUT2D eigenvalue weighted by Crippen LogP contribution is -2.47. The summed E-state index contributed by atoms with van der Waals surface area (Å²) < 4.78 is 38.0. The number of halogens is 2.